The number of aryl methyl sites for hydroxylation is 2. The SMILES string of the molecule is Cc1nn(C)c(OCCN(C)C2CC2)c1CN. The standard InChI is InChI=1S/C12H22N4O/c1-9-11(8-13)12(16(3)14-9)17-7-6-15(2)10-4-5-10/h10H,4-8,13H2,1-3H3. The Morgan fingerprint density at radius 3 is 2.82 bits per heavy atom. The summed E-state index contributed by atoms with van der Waals surface area (Å²) in [6.07, 6.45) is 2.66. The van der Waals surface area contributed by atoms with Crippen molar-refractivity contribution >= 4 is 0 Å². The van der Waals surface area contributed by atoms with E-state index in [2.05, 4.69) is 17.0 Å². The first-order valence-electron chi connectivity index (χ1n) is 6.19. The van der Waals surface area contributed by atoms with Crippen molar-refractivity contribution in [3.05, 3.63) is 11.3 Å². The Morgan fingerprint density at radius 1 is 1.53 bits per heavy atom. The van der Waals surface area contributed by atoms with Crippen LogP contribution in [-0.4, -0.2) is 40.9 Å². The van der Waals surface area contributed by atoms with E-state index in [1.54, 1.807) is 4.68 Å². The highest BCUT2D eigenvalue weighted by molar-refractivity contribution is 5.30. The number of hydrogen-bond acceptors (Lipinski definition) is 4. The molecule has 2 N–H and O–H groups in total. The first-order valence-corrected chi connectivity index (χ1v) is 6.19. The normalized spacial score (nSPS) is 15.6. The summed E-state index contributed by atoms with van der Waals surface area (Å²) in [5, 5.41) is 4.33. The second-order valence-electron chi connectivity index (χ2n) is 4.76. The van der Waals surface area contributed by atoms with Crippen LogP contribution in [0.5, 0.6) is 5.88 Å². The van der Waals surface area contributed by atoms with Gasteiger partial charge in [-0.2, -0.15) is 5.10 Å². The molecule has 2 rings (SSSR count). The lowest BCUT2D eigenvalue weighted by Gasteiger charge is -2.16. The molecule has 1 fully saturated rings. The molecule has 1 aromatic heterocycles. The average molecular weight is 238 g/mol. The van der Waals surface area contributed by atoms with Crippen LogP contribution in [0.1, 0.15) is 24.1 Å². The second-order valence-corrected chi connectivity index (χ2v) is 4.76. The molecular formula is C12H22N4O. The van der Waals surface area contributed by atoms with Gasteiger partial charge in [-0.15, -0.1) is 0 Å². The molecule has 0 radical (unpaired) electrons. The van der Waals surface area contributed by atoms with Gasteiger partial charge in [0, 0.05) is 26.2 Å². The first-order chi connectivity index (χ1) is 8.13. The van der Waals surface area contributed by atoms with E-state index in [0.717, 1.165) is 29.7 Å². The van der Waals surface area contributed by atoms with Crippen molar-refractivity contribution in [1.82, 2.24) is 14.7 Å². The van der Waals surface area contributed by atoms with Gasteiger partial charge in [0.15, 0.2) is 0 Å². The summed E-state index contributed by atoms with van der Waals surface area (Å²) in [6, 6.07) is 0.779. The van der Waals surface area contributed by atoms with E-state index in [4.69, 9.17) is 10.5 Å². The molecule has 1 aliphatic rings. The Kier molecular flexibility index (Phi) is 3.69. The summed E-state index contributed by atoms with van der Waals surface area (Å²) < 4.78 is 7.58. The molecule has 1 aromatic rings. The molecule has 1 saturated carbocycles. The number of ether oxygens (including phenoxy) is 1. The van der Waals surface area contributed by atoms with Crippen molar-refractivity contribution in [2.24, 2.45) is 12.8 Å². The molecule has 17 heavy (non-hydrogen) atoms. The number of aromatic nitrogens is 2. The predicted molar refractivity (Wildman–Crippen MR) is 67.0 cm³/mol. The van der Waals surface area contributed by atoms with Crippen molar-refractivity contribution in [3.63, 3.8) is 0 Å². The van der Waals surface area contributed by atoms with Gasteiger partial charge in [-0.25, -0.2) is 4.68 Å². The van der Waals surface area contributed by atoms with Crippen molar-refractivity contribution in [2.45, 2.75) is 32.4 Å². The van der Waals surface area contributed by atoms with Gasteiger partial charge in [0.2, 0.25) is 5.88 Å². The van der Waals surface area contributed by atoms with E-state index in [1.807, 2.05) is 14.0 Å². The largest absolute Gasteiger partial charge is 0.476 e. The van der Waals surface area contributed by atoms with E-state index in [1.165, 1.54) is 12.8 Å². The Bertz CT molecular complexity index is 384. The molecule has 5 nitrogen and oxygen atoms in total. The van der Waals surface area contributed by atoms with Crippen LogP contribution in [0.3, 0.4) is 0 Å². The maximum atomic E-state index is 5.81. The zero-order valence-electron chi connectivity index (χ0n) is 10.9. The van der Waals surface area contributed by atoms with Gasteiger partial charge in [-0.1, -0.05) is 0 Å². The Labute approximate surface area is 103 Å². The van der Waals surface area contributed by atoms with Crippen molar-refractivity contribution in [1.29, 1.82) is 0 Å². The average Bonchev–Trinajstić information content (AvgIpc) is 3.07. The van der Waals surface area contributed by atoms with Crippen LogP contribution in [0.15, 0.2) is 0 Å². The summed E-state index contributed by atoms with van der Waals surface area (Å²) in [6.45, 7) is 4.09. The number of rotatable bonds is 6. The van der Waals surface area contributed by atoms with Crippen LogP contribution >= 0.6 is 0 Å². The molecular weight excluding hydrogens is 216 g/mol. The maximum absolute atomic E-state index is 5.81. The van der Waals surface area contributed by atoms with Gasteiger partial charge < -0.3 is 15.4 Å². The Hall–Kier alpha value is -1.07. The first kappa shape index (κ1) is 12.4. The van der Waals surface area contributed by atoms with Crippen molar-refractivity contribution in [2.75, 3.05) is 20.2 Å². The summed E-state index contributed by atoms with van der Waals surface area (Å²) in [4.78, 5) is 2.35. The third kappa shape index (κ3) is 2.79. The molecule has 0 aromatic carbocycles. The molecule has 1 aliphatic carbocycles. The van der Waals surface area contributed by atoms with E-state index >= 15 is 0 Å². The summed E-state index contributed by atoms with van der Waals surface area (Å²) in [5.41, 5.74) is 7.68. The minimum Gasteiger partial charge on any atom is -0.476 e. The van der Waals surface area contributed by atoms with E-state index in [9.17, 15) is 0 Å². The van der Waals surface area contributed by atoms with Crippen LogP contribution < -0.4 is 10.5 Å². The highest BCUT2D eigenvalue weighted by Crippen LogP contribution is 2.25. The van der Waals surface area contributed by atoms with Crippen LogP contribution in [0.2, 0.25) is 0 Å². The minimum absolute atomic E-state index is 0.480. The highest BCUT2D eigenvalue weighted by Gasteiger charge is 2.25. The minimum atomic E-state index is 0.480. The zero-order valence-corrected chi connectivity index (χ0v) is 10.9. The van der Waals surface area contributed by atoms with Gasteiger partial charge in [0.1, 0.15) is 6.61 Å². The Balaban J connectivity index is 1.89. The fourth-order valence-electron chi connectivity index (χ4n) is 2.08. The summed E-state index contributed by atoms with van der Waals surface area (Å²) in [5.74, 6) is 0.814. The lowest BCUT2D eigenvalue weighted by atomic mass is 10.2. The van der Waals surface area contributed by atoms with E-state index in [0.29, 0.717) is 13.2 Å². The quantitative estimate of drug-likeness (QED) is 0.791. The molecule has 5 heteroatoms. The highest BCUT2D eigenvalue weighted by atomic mass is 16.5. The van der Waals surface area contributed by atoms with Crippen LogP contribution in [0, 0.1) is 6.92 Å². The van der Waals surface area contributed by atoms with E-state index < -0.39 is 0 Å². The molecule has 0 bridgehead atoms. The number of hydrogen-bond donors (Lipinski definition) is 1. The van der Waals surface area contributed by atoms with Gasteiger partial charge in [-0.3, -0.25) is 0 Å². The monoisotopic (exact) mass is 238 g/mol. The lowest BCUT2D eigenvalue weighted by Crippen LogP contribution is -2.26. The fourth-order valence-corrected chi connectivity index (χ4v) is 2.08. The molecule has 0 amide bonds. The third-order valence-electron chi connectivity index (χ3n) is 3.35. The van der Waals surface area contributed by atoms with Crippen molar-refractivity contribution in [3.8, 4) is 5.88 Å². The Morgan fingerprint density at radius 2 is 2.24 bits per heavy atom. The summed E-state index contributed by atoms with van der Waals surface area (Å²) in [7, 11) is 4.05. The van der Waals surface area contributed by atoms with Crippen LogP contribution in [0.25, 0.3) is 0 Å². The maximum Gasteiger partial charge on any atom is 0.216 e. The molecule has 0 atom stereocenters. The zero-order chi connectivity index (χ0) is 12.4. The van der Waals surface area contributed by atoms with Gasteiger partial charge in [-0.05, 0) is 26.8 Å². The van der Waals surface area contributed by atoms with Gasteiger partial charge in [0.05, 0.1) is 11.3 Å². The van der Waals surface area contributed by atoms with Crippen molar-refractivity contribution < 1.29 is 4.74 Å². The van der Waals surface area contributed by atoms with E-state index in [-0.39, 0.29) is 0 Å². The fraction of sp³-hybridized carbons (Fsp3) is 0.750. The molecule has 0 saturated heterocycles. The molecule has 1 heterocycles. The smallest absolute Gasteiger partial charge is 0.216 e. The number of likely N-dealkylation sites (N-methyl/N-ethyl adjacent to an activating group) is 1. The number of nitrogens with zero attached hydrogens (tertiary/aromatic N) is 3. The lowest BCUT2D eigenvalue weighted by molar-refractivity contribution is 0.218. The van der Waals surface area contributed by atoms with Crippen LogP contribution in [0.4, 0.5) is 0 Å². The molecule has 0 aliphatic heterocycles. The van der Waals surface area contributed by atoms with Gasteiger partial charge >= 0.3 is 0 Å². The topological polar surface area (TPSA) is 56.3 Å². The second kappa shape index (κ2) is 5.06. The number of nitrogens with two attached hydrogens (primary N) is 1. The predicted octanol–water partition coefficient (Wildman–Crippen LogP) is 0.660. The third-order valence-corrected chi connectivity index (χ3v) is 3.35. The van der Waals surface area contributed by atoms with Gasteiger partial charge in [0.25, 0.3) is 0 Å². The molecule has 0 unspecified atom stereocenters. The van der Waals surface area contributed by atoms with Crippen LogP contribution in [-0.2, 0) is 13.6 Å². The molecule has 0 spiro atoms. The molecule has 96 valence electrons. The summed E-state index contributed by atoms with van der Waals surface area (Å²) >= 11 is 0.